The van der Waals surface area contributed by atoms with Crippen molar-refractivity contribution in [2.24, 2.45) is 5.92 Å². The lowest BCUT2D eigenvalue weighted by molar-refractivity contribution is -0.116. The van der Waals surface area contributed by atoms with E-state index in [4.69, 9.17) is 0 Å². The first-order chi connectivity index (χ1) is 10.1. The molecule has 0 bridgehead atoms. The molecule has 2 aromatic carbocycles. The summed E-state index contributed by atoms with van der Waals surface area (Å²) in [7, 11) is 0. The second-order valence-corrected chi connectivity index (χ2v) is 5.93. The van der Waals surface area contributed by atoms with E-state index in [0.29, 0.717) is 12.5 Å². The van der Waals surface area contributed by atoms with Crippen molar-refractivity contribution in [3.63, 3.8) is 0 Å². The highest BCUT2D eigenvalue weighted by molar-refractivity contribution is 6.02. The number of amides is 1. The van der Waals surface area contributed by atoms with Crippen LogP contribution in [0.2, 0.25) is 0 Å². The van der Waals surface area contributed by atoms with Gasteiger partial charge >= 0.3 is 0 Å². The Kier molecular flexibility index (Phi) is 3.76. The smallest absolute Gasteiger partial charge is 0.262 e. The molecule has 1 heterocycles. The average Bonchev–Trinajstić information content (AvgIpc) is 2.86. The fourth-order valence-corrected chi connectivity index (χ4v) is 2.81. The zero-order valence-corrected chi connectivity index (χ0v) is 12.4. The third-order valence-electron chi connectivity index (χ3n) is 3.78. The van der Waals surface area contributed by atoms with Crippen molar-refractivity contribution in [1.82, 2.24) is 10.9 Å². The molecule has 1 amide bonds. The van der Waals surface area contributed by atoms with Gasteiger partial charge in [0.15, 0.2) is 0 Å². The molecule has 108 valence electrons. The maximum Gasteiger partial charge on any atom is 0.262 e. The number of carbonyl (C=O) groups excluding carboxylic acids is 1. The highest BCUT2D eigenvalue weighted by Gasteiger charge is 2.16. The van der Waals surface area contributed by atoms with E-state index in [-0.39, 0.29) is 5.91 Å². The summed E-state index contributed by atoms with van der Waals surface area (Å²) in [5.41, 5.74) is 8.73. The molecular formula is C18H20N2O. The predicted molar refractivity (Wildman–Crippen MR) is 86.6 cm³/mol. The third kappa shape index (κ3) is 2.83. The van der Waals surface area contributed by atoms with Crippen molar-refractivity contribution in [1.29, 1.82) is 0 Å². The van der Waals surface area contributed by atoms with Crippen LogP contribution in [-0.2, 0) is 11.2 Å². The molecule has 2 aromatic rings. The maximum absolute atomic E-state index is 11.7. The van der Waals surface area contributed by atoms with Gasteiger partial charge in [-0.15, -0.1) is 0 Å². The quantitative estimate of drug-likeness (QED) is 0.848. The summed E-state index contributed by atoms with van der Waals surface area (Å²) >= 11 is 0. The number of hydrogen-bond donors (Lipinski definition) is 2. The van der Waals surface area contributed by atoms with Gasteiger partial charge in [-0.3, -0.25) is 10.2 Å². The molecule has 1 fully saturated rings. The van der Waals surface area contributed by atoms with Crippen LogP contribution < -0.4 is 10.9 Å². The van der Waals surface area contributed by atoms with E-state index in [9.17, 15) is 4.79 Å². The van der Waals surface area contributed by atoms with Crippen LogP contribution in [0.3, 0.4) is 0 Å². The minimum atomic E-state index is -0.0367. The lowest BCUT2D eigenvalue weighted by Gasteiger charge is -2.11. The van der Waals surface area contributed by atoms with Gasteiger partial charge in [-0.2, -0.15) is 0 Å². The Hall–Kier alpha value is -2.13. The lowest BCUT2D eigenvalue weighted by atomic mass is 9.93. The molecule has 0 saturated carbocycles. The molecule has 21 heavy (non-hydrogen) atoms. The number of hydrogen-bond acceptors (Lipinski definition) is 2. The molecule has 0 unspecified atom stereocenters. The van der Waals surface area contributed by atoms with Gasteiger partial charge in [0.1, 0.15) is 0 Å². The summed E-state index contributed by atoms with van der Waals surface area (Å²) in [5.74, 6) is 0.591. The van der Waals surface area contributed by atoms with Crippen LogP contribution in [0.15, 0.2) is 42.0 Å². The van der Waals surface area contributed by atoms with Crippen molar-refractivity contribution < 1.29 is 4.79 Å². The molecular weight excluding hydrogens is 260 g/mol. The largest absolute Gasteiger partial charge is 0.287 e. The molecule has 3 nitrogen and oxygen atoms in total. The highest BCUT2D eigenvalue weighted by atomic mass is 16.2. The van der Waals surface area contributed by atoms with E-state index in [0.717, 1.165) is 17.6 Å². The van der Waals surface area contributed by atoms with Crippen molar-refractivity contribution in [2.45, 2.75) is 20.3 Å². The van der Waals surface area contributed by atoms with Gasteiger partial charge in [0.25, 0.3) is 5.91 Å². The average molecular weight is 280 g/mol. The molecule has 0 aliphatic carbocycles. The number of nitrogens with one attached hydrogen (secondary N) is 2. The van der Waals surface area contributed by atoms with E-state index >= 15 is 0 Å². The molecule has 1 aliphatic heterocycles. The molecule has 0 aromatic heterocycles. The number of rotatable bonds is 3. The molecule has 2 N–H and O–H groups in total. The Bertz CT molecular complexity index is 716. The van der Waals surface area contributed by atoms with E-state index in [2.05, 4.69) is 61.1 Å². The van der Waals surface area contributed by atoms with E-state index < -0.39 is 0 Å². The second-order valence-electron chi connectivity index (χ2n) is 5.93. The van der Waals surface area contributed by atoms with Crippen LogP contribution in [0.4, 0.5) is 0 Å². The number of fused-ring (bicyclic) bond motifs is 1. The Labute approximate surface area is 125 Å². The Balaban J connectivity index is 2.11. The SMILES string of the molecule is CC(C)Cc1ccc(/C=C2\CNNC2=O)c2ccccc12. The monoisotopic (exact) mass is 280 g/mol. The standard InChI is InChI=1S/C18H20N2O/c1-12(2)9-13-7-8-14(10-15-11-19-20-18(15)21)17-6-4-3-5-16(13)17/h3-8,10,12,19H,9,11H2,1-2H3,(H,20,21)/b15-10+. The van der Waals surface area contributed by atoms with Crippen LogP contribution in [-0.4, -0.2) is 12.5 Å². The van der Waals surface area contributed by atoms with Gasteiger partial charge in [0.05, 0.1) is 0 Å². The molecule has 3 rings (SSSR count). The van der Waals surface area contributed by atoms with Gasteiger partial charge in [-0.25, -0.2) is 5.43 Å². The fourth-order valence-electron chi connectivity index (χ4n) is 2.81. The van der Waals surface area contributed by atoms with Crippen LogP contribution in [0, 0.1) is 5.92 Å². The molecule has 3 heteroatoms. The van der Waals surface area contributed by atoms with Crippen molar-refractivity contribution in [2.75, 3.05) is 6.54 Å². The first-order valence-corrected chi connectivity index (χ1v) is 7.39. The zero-order valence-electron chi connectivity index (χ0n) is 12.4. The maximum atomic E-state index is 11.7. The zero-order chi connectivity index (χ0) is 14.8. The normalized spacial score (nSPS) is 16.9. The van der Waals surface area contributed by atoms with Gasteiger partial charge in [-0.1, -0.05) is 50.2 Å². The Morgan fingerprint density at radius 1 is 1.14 bits per heavy atom. The summed E-state index contributed by atoms with van der Waals surface area (Å²) in [6.45, 7) is 5.04. The van der Waals surface area contributed by atoms with Crippen LogP contribution in [0.1, 0.15) is 25.0 Å². The molecule has 0 atom stereocenters. The first kappa shape index (κ1) is 13.8. The van der Waals surface area contributed by atoms with E-state index in [1.807, 2.05) is 6.08 Å². The van der Waals surface area contributed by atoms with Crippen molar-refractivity contribution in [3.8, 4) is 0 Å². The van der Waals surface area contributed by atoms with Gasteiger partial charge in [0.2, 0.25) is 0 Å². The molecule has 0 radical (unpaired) electrons. The Morgan fingerprint density at radius 3 is 2.57 bits per heavy atom. The van der Waals surface area contributed by atoms with Gasteiger partial charge in [0, 0.05) is 12.1 Å². The summed E-state index contributed by atoms with van der Waals surface area (Å²) in [5, 5.41) is 2.50. The third-order valence-corrected chi connectivity index (χ3v) is 3.78. The minimum absolute atomic E-state index is 0.0367. The molecule has 1 saturated heterocycles. The second kappa shape index (κ2) is 5.70. The minimum Gasteiger partial charge on any atom is -0.287 e. The molecule has 0 spiro atoms. The highest BCUT2D eigenvalue weighted by Crippen LogP contribution is 2.26. The summed E-state index contributed by atoms with van der Waals surface area (Å²) < 4.78 is 0. The summed E-state index contributed by atoms with van der Waals surface area (Å²) in [6.07, 6.45) is 3.05. The van der Waals surface area contributed by atoms with E-state index in [1.165, 1.54) is 16.3 Å². The fraction of sp³-hybridized carbons (Fsp3) is 0.278. The lowest BCUT2D eigenvalue weighted by Crippen LogP contribution is -2.25. The Morgan fingerprint density at radius 2 is 1.90 bits per heavy atom. The summed E-state index contributed by atoms with van der Waals surface area (Å²) in [4.78, 5) is 11.7. The van der Waals surface area contributed by atoms with Gasteiger partial charge < -0.3 is 0 Å². The molecule has 1 aliphatic rings. The van der Waals surface area contributed by atoms with Gasteiger partial charge in [-0.05, 0) is 40.3 Å². The summed E-state index contributed by atoms with van der Waals surface area (Å²) in [6, 6.07) is 12.7. The topological polar surface area (TPSA) is 41.1 Å². The van der Waals surface area contributed by atoms with Crippen LogP contribution in [0.5, 0.6) is 0 Å². The van der Waals surface area contributed by atoms with Crippen molar-refractivity contribution >= 4 is 22.8 Å². The van der Waals surface area contributed by atoms with E-state index in [1.54, 1.807) is 0 Å². The van der Waals surface area contributed by atoms with Crippen molar-refractivity contribution in [3.05, 3.63) is 53.1 Å². The first-order valence-electron chi connectivity index (χ1n) is 7.39. The number of hydrazine groups is 1. The number of carbonyl (C=O) groups is 1. The van der Waals surface area contributed by atoms with Crippen LogP contribution in [0.25, 0.3) is 16.8 Å². The number of benzene rings is 2. The predicted octanol–water partition coefficient (Wildman–Crippen LogP) is 3.06. The van der Waals surface area contributed by atoms with Crippen LogP contribution >= 0.6 is 0 Å².